The Morgan fingerprint density at radius 1 is 0.935 bits per heavy atom. The van der Waals surface area contributed by atoms with Crippen LogP contribution in [-0.2, 0) is 26.5 Å². The van der Waals surface area contributed by atoms with Crippen molar-refractivity contribution in [1.82, 2.24) is 4.90 Å². The zero-order valence-electron chi connectivity index (χ0n) is 17.7. The summed E-state index contributed by atoms with van der Waals surface area (Å²) in [4.78, 5) is 27.6. The summed E-state index contributed by atoms with van der Waals surface area (Å²) in [5.74, 6) is -0.433. The first kappa shape index (κ1) is 21.0. The third-order valence-electron chi connectivity index (χ3n) is 6.35. The molecule has 0 bridgehead atoms. The van der Waals surface area contributed by atoms with E-state index in [-0.39, 0.29) is 24.4 Å². The highest BCUT2D eigenvalue weighted by Crippen LogP contribution is 2.40. The number of carbonyl (C=O) groups is 2. The maximum Gasteiger partial charge on any atom is 0.331 e. The normalized spacial score (nSPS) is 20.7. The Kier molecular flexibility index (Phi) is 6.28. The Labute approximate surface area is 183 Å². The van der Waals surface area contributed by atoms with Crippen LogP contribution in [0.15, 0.2) is 91.0 Å². The molecule has 3 aromatic rings. The summed E-state index contributed by atoms with van der Waals surface area (Å²) in [6.45, 7) is 3.24. The smallest absolute Gasteiger partial charge is 0.331 e. The van der Waals surface area contributed by atoms with Gasteiger partial charge in [-0.15, -0.1) is 0 Å². The number of ether oxygens (including phenoxy) is 1. The lowest BCUT2D eigenvalue weighted by molar-refractivity contribution is -0.159. The fourth-order valence-corrected chi connectivity index (χ4v) is 4.44. The van der Waals surface area contributed by atoms with E-state index >= 15 is 0 Å². The lowest BCUT2D eigenvalue weighted by Crippen LogP contribution is -2.49. The second-order valence-electron chi connectivity index (χ2n) is 8.22. The van der Waals surface area contributed by atoms with Gasteiger partial charge in [-0.05, 0) is 23.6 Å². The highest BCUT2D eigenvalue weighted by Gasteiger charge is 2.48. The number of likely N-dealkylation sites (tertiary alicyclic amines) is 1. The van der Waals surface area contributed by atoms with Gasteiger partial charge in [0.2, 0.25) is 0 Å². The summed E-state index contributed by atoms with van der Waals surface area (Å²) in [5, 5.41) is 0. The number of nitrogens with zero attached hydrogens (tertiary/aromatic N) is 1. The Balaban J connectivity index is 1.63. The van der Waals surface area contributed by atoms with Gasteiger partial charge in [0.25, 0.3) is 0 Å². The molecular weight excluding hydrogens is 386 g/mol. The highest BCUT2D eigenvalue weighted by atomic mass is 16.5. The number of carbonyl (C=O) groups excluding carboxylic acids is 2. The number of rotatable bonds is 7. The van der Waals surface area contributed by atoms with Crippen molar-refractivity contribution in [2.24, 2.45) is 5.92 Å². The summed E-state index contributed by atoms with van der Waals surface area (Å²) < 4.78 is 5.80. The van der Waals surface area contributed by atoms with Crippen molar-refractivity contribution in [1.29, 1.82) is 0 Å². The fraction of sp³-hybridized carbons (Fsp3) is 0.259. The van der Waals surface area contributed by atoms with Crippen molar-refractivity contribution >= 4 is 12.3 Å². The third kappa shape index (κ3) is 4.30. The molecule has 1 aliphatic heterocycles. The van der Waals surface area contributed by atoms with Crippen LogP contribution >= 0.6 is 0 Å². The topological polar surface area (TPSA) is 46.6 Å². The van der Waals surface area contributed by atoms with E-state index in [9.17, 15) is 9.59 Å². The van der Waals surface area contributed by atoms with Crippen molar-refractivity contribution in [2.75, 3.05) is 13.1 Å². The predicted molar refractivity (Wildman–Crippen MR) is 120 cm³/mol. The van der Waals surface area contributed by atoms with Crippen LogP contribution < -0.4 is 0 Å². The highest BCUT2D eigenvalue weighted by molar-refractivity contribution is 5.82. The average molecular weight is 414 g/mol. The van der Waals surface area contributed by atoms with E-state index in [0.717, 1.165) is 23.0 Å². The molecule has 1 saturated heterocycles. The van der Waals surface area contributed by atoms with Crippen molar-refractivity contribution in [3.05, 3.63) is 108 Å². The van der Waals surface area contributed by atoms with Gasteiger partial charge in [-0.1, -0.05) is 91.0 Å². The predicted octanol–water partition coefficient (Wildman–Crippen LogP) is 4.56. The van der Waals surface area contributed by atoms with Crippen molar-refractivity contribution < 1.29 is 14.3 Å². The molecule has 4 heteroatoms. The standard InChI is InChI=1S/C27H27NO3/c1-27(24-15-9-4-10-16-24,26(30)31-20-21-11-5-2-6-12-21)28-17-23(19-29)25(18-28)22-13-7-3-8-14-22/h2-16,19,23,25H,17-18,20H2,1H3/t23-,25+,27+/m0/s1. The second kappa shape index (κ2) is 9.27. The van der Waals surface area contributed by atoms with Crippen molar-refractivity contribution in [3.63, 3.8) is 0 Å². The van der Waals surface area contributed by atoms with E-state index in [1.165, 1.54) is 0 Å². The first-order valence-corrected chi connectivity index (χ1v) is 10.6. The van der Waals surface area contributed by atoms with Gasteiger partial charge in [-0.2, -0.15) is 0 Å². The molecule has 4 rings (SSSR count). The number of esters is 1. The van der Waals surface area contributed by atoms with E-state index in [2.05, 4.69) is 17.0 Å². The van der Waals surface area contributed by atoms with E-state index in [1.807, 2.05) is 85.8 Å². The van der Waals surface area contributed by atoms with Gasteiger partial charge in [0.1, 0.15) is 18.4 Å². The SMILES string of the molecule is C[C@](C(=O)OCc1ccccc1)(c1ccccc1)N1C[C@@H](C=O)[C@@H](c2ccccc2)C1. The van der Waals surface area contributed by atoms with Crippen LogP contribution in [0.5, 0.6) is 0 Å². The number of hydrogen-bond acceptors (Lipinski definition) is 4. The summed E-state index contributed by atoms with van der Waals surface area (Å²) in [5.41, 5.74) is 1.95. The minimum Gasteiger partial charge on any atom is -0.459 e. The lowest BCUT2D eigenvalue weighted by atomic mass is 9.89. The molecule has 0 N–H and O–H groups in total. The minimum atomic E-state index is -0.985. The molecule has 0 aliphatic carbocycles. The minimum absolute atomic E-state index is 0.0451. The molecule has 1 heterocycles. The van der Waals surface area contributed by atoms with Crippen molar-refractivity contribution in [2.45, 2.75) is 25.0 Å². The largest absolute Gasteiger partial charge is 0.459 e. The molecule has 0 saturated carbocycles. The van der Waals surface area contributed by atoms with Crippen LogP contribution in [-0.4, -0.2) is 30.2 Å². The second-order valence-corrected chi connectivity index (χ2v) is 8.22. The van der Waals surface area contributed by atoms with Crippen LogP contribution in [0.2, 0.25) is 0 Å². The molecule has 158 valence electrons. The molecule has 31 heavy (non-hydrogen) atoms. The molecular formula is C27H27NO3. The maximum atomic E-state index is 13.5. The molecule has 3 aromatic carbocycles. The van der Waals surface area contributed by atoms with Crippen molar-refractivity contribution in [3.8, 4) is 0 Å². The van der Waals surface area contributed by atoms with Crippen LogP contribution in [0, 0.1) is 5.92 Å². The molecule has 1 fully saturated rings. The molecule has 1 aliphatic rings. The first-order valence-electron chi connectivity index (χ1n) is 10.6. The number of benzene rings is 3. The van der Waals surface area contributed by atoms with Crippen LogP contribution in [0.4, 0.5) is 0 Å². The zero-order chi connectivity index (χ0) is 21.7. The van der Waals surface area contributed by atoms with Gasteiger partial charge in [-0.3, -0.25) is 4.90 Å². The number of hydrogen-bond donors (Lipinski definition) is 0. The molecule has 0 unspecified atom stereocenters. The Hall–Kier alpha value is -3.24. The summed E-state index contributed by atoms with van der Waals surface area (Å²) >= 11 is 0. The van der Waals surface area contributed by atoms with Crippen LogP contribution in [0.1, 0.15) is 29.5 Å². The monoisotopic (exact) mass is 413 g/mol. The quantitative estimate of drug-likeness (QED) is 0.421. The Morgan fingerprint density at radius 3 is 2.13 bits per heavy atom. The molecule has 3 atom stereocenters. The van der Waals surface area contributed by atoms with Gasteiger partial charge < -0.3 is 9.53 Å². The van der Waals surface area contributed by atoms with E-state index in [1.54, 1.807) is 0 Å². The maximum absolute atomic E-state index is 13.5. The average Bonchev–Trinajstić information content (AvgIpc) is 3.29. The van der Waals surface area contributed by atoms with E-state index in [4.69, 9.17) is 4.74 Å². The Morgan fingerprint density at radius 2 is 1.52 bits per heavy atom. The summed E-state index contributed by atoms with van der Waals surface area (Å²) in [7, 11) is 0. The zero-order valence-corrected chi connectivity index (χ0v) is 17.7. The van der Waals surface area contributed by atoms with Gasteiger partial charge in [0.15, 0.2) is 0 Å². The van der Waals surface area contributed by atoms with Gasteiger partial charge in [-0.25, -0.2) is 4.79 Å². The number of aldehydes is 1. The lowest BCUT2D eigenvalue weighted by Gasteiger charge is -2.37. The fourth-order valence-electron chi connectivity index (χ4n) is 4.44. The molecule has 0 aromatic heterocycles. The third-order valence-corrected chi connectivity index (χ3v) is 6.35. The summed E-state index contributed by atoms with van der Waals surface area (Å²) in [6, 6.07) is 29.4. The molecule has 0 amide bonds. The van der Waals surface area contributed by atoms with Crippen LogP contribution in [0.3, 0.4) is 0 Å². The van der Waals surface area contributed by atoms with Gasteiger partial charge in [0, 0.05) is 24.9 Å². The first-order chi connectivity index (χ1) is 15.1. The van der Waals surface area contributed by atoms with Gasteiger partial charge >= 0.3 is 5.97 Å². The molecule has 4 nitrogen and oxygen atoms in total. The Bertz CT molecular complexity index is 1010. The molecule has 0 spiro atoms. The summed E-state index contributed by atoms with van der Waals surface area (Å²) in [6.07, 6.45) is 1.03. The molecule has 0 radical (unpaired) electrons. The van der Waals surface area contributed by atoms with Gasteiger partial charge in [0.05, 0.1) is 0 Å². The van der Waals surface area contributed by atoms with E-state index < -0.39 is 5.54 Å². The van der Waals surface area contributed by atoms with Crippen LogP contribution in [0.25, 0.3) is 0 Å². The van der Waals surface area contributed by atoms with E-state index in [0.29, 0.717) is 13.1 Å².